The Hall–Kier alpha value is -3.54. The third kappa shape index (κ3) is 7.33. The van der Waals surface area contributed by atoms with Gasteiger partial charge in [0.1, 0.15) is 11.8 Å². The number of carbonyl (C=O) groups is 2. The van der Waals surface area contributed by atoms with E-state index >= 15 is 0 Å². The van der Waals surface area contributed by atoms with Gasteiger partial charge in [0.15, 0.2) is 5.76 Å². The van der Waals surface area contributed by atoms with Crippen LogP contribution in [0, 0.1) is 6.92 Å². The monoisotopic (exact) mass is 420 g/mol. The number of hydrogen-bond acceptors (Lipinski definition) is 4. The Morgan fingerprint density at radius 3 is 2.45 bits per heavy atom. The summed E-state index contributed by atoms with van der Waals surface area (Å²) in [5, 5.41) is 5.70. The zero-order chi connectivity index (χ0) is 21.9. The molecule has 1 heterocycles. The van der Waals surface area contributed by atoms with Crippen molar-refractivity contribution in [2.75, 3.05) is 13.2 Å². The van der Waals surface area contributed by atoms with Crippen molar-refractivity contribution in [3.8, 4) is 5.75 Å². The van der Waals surface area contributed by atoms with E-state index in [9.17, 15) is 9.59 Å². The predicted molar refractivity (Wildman–Crippen MR) is 119 cm³/mol. The molecular weight excluding hydrogens is 392 g/mol. The highest BCUT2D eigenvalue weighted by molar-refractivity contribution is 5.95. The van der Waals surface area contributed by atoms with Crippen LogP contribution in [-0.4, -0.2) is 31.0 Å². The van der Waals surface area contributed by atoms with Crippen LogP contribution in [0.4, 0.5) is 0 Å². The molecule has 6 nitrogen and oxygen atoms in total. The van der Waals surface area contributed by atoms with Gasteiger partial charge >= 0.3 is 0 Å². The molecule has 0 spiro atoms. The Kier molecular flexibility index (Phi) is 8.29. The van der Waals surface area contributed by atoms with Gasteiger partial charge in [-0.3, -0.25) is 9.59 Å². The first-order valence-electron chi connectivity index (χ1n) is 10.5. The maximum atomic E-state index is 12.8. The van der Waals surface area contributed by atoms with Crippen molar-refractivity contribution in [2.45, 2.75) is 32.2 Å². The lowest BCUT2D eigenvalue weighted by Gasteiger charge is -2.18. The van der Waals surface area contributed by atoms with Crippen LogP contribution in [0.1, 0.15) is 34.5 Å². The highest BCUT2D eigenvalue weighted by Gasteiger charge is 2.22. The molecule has 3 aromatic rings. The third-order valence-corrected chi connectivity index (χ3v) is 4.81. The maximum Gasteiger partial charge on any atom is 0.287 e. The normalized spacial score (nSPS) is 11.5. The number of ether oxygens (including phenoxy) is 1. The van der Waals surface area contributed by atoms with Gasteiger partial charge in [0, 0.05) is 13.0 Å². The number of furan rings is 1. The van der Waals surface area contributed by atoms with Gasteiger partial charge in [-0.2, -0.15) is 0 Å². The van der Waals surface area contributed by atoms with Crippen LogP contribution in [0.5, 0.6) is 5.75 Å². The molecule has 2 aromatic carbocycles. The number of unbranched alkanes of at least 4 members (excludes halogenated alkanes) is 1. The van der Waals surface area contributed by atoms with Crippen molar-refractivity contribution in [1.29, 1.82) is 0 Å². The first-order valence-corrected chi connectivity index (χ1v) is 10.5. The fraction of sp³-hybridized carbons (Fsp3) is 0.280. The van der Waals surface area contributed by atoms with Gasteiger partial charge in [-0.05, 0) is 49.6 Å². The Labute approximate surface area is 182 Å². The van der Waals surface area contributed by atoms with E-state index in [0.717, 1.165) is 24.2 Å². The molecular formula is C25H28N2O4. The number of nitrogens with one attached hydrogen (secondary N) is 2. The second kappa shape index (κ2) is 11.6. The first-order chi connectivity index (χ1) is 15.1. The summed E-state index contributed by atoms with van der Waals surface area (Å²) in [5.74, 6) is 0.396. The summed E-state index contributed by atoms with van der Waals surface area (Å²) in [5.41, 5.74) is 2.16. The molecule has 0 bridgehead atoms. The third-order valence-electron chi connectivity index (χ3n) is 4.81. The van der Waals surface area contributed by atoms with Crippen LogP contribution >= 0.6 is 0 Å². The van der Waals surface area contributed by atoms with E-state index in [1.165, 1.54) is 11.8 Å². The molecule has 31 heavy (non-hydrogen) atoms. The molecule has 0 saturated heterocycles. The minimum atomic E-state index is -0.691. The minimum Gasteiger partial charge on any atom is -0.494 e. The lowest BCUT2D eigenvalue weighted by atomic mass is 10.0. The standard InChI is InChI=1S/C25H28N2O4/c1-19-11-13-21(14-12-19)30-16-6-5-15-26-24(28)22(18-20-8-3-2-4-9-20)27-25(29)23-10-7-17-31-23/h2-4,7-14,17,22H,5-6,15-16,18H2,1H3,(H,26,28)(H,27,29). The number of aryl methyl sites for hydroxylation is 1. The van der Waals surface area contributed by atoms with Gasteiger partial charge in [-0.1, -0.05) is 48.0 Å². The lowest BCUT2D eigenvalue weighted by molar-refractivity contribution is -0.122. The molecule has 1 atom stereocenters. The summed E-state index contributed by atoms with van der Waals surface area (Å²) >= 11 is 0. The van der Waals surface area contributed by atoms with Crippen molar-refractivity contribution in [2.24, 2.45) is 0 Å². The highest BCUT2D eigenvalue weighted by Crippen LogP contribution is 2.12. The average Bonchev–Trinajstić information content (AvgIpc) is 3.32. The molecule has 0 saturated carbocycles. The number of hydrogen-bond donors (Lipinski definition) is 2. The molecule has 0 fully saturated rings. The van der Waals surface area contributed by atoms with Gasteiger partial charge in [0.25, 0.3) is 5.91 Å². The lowest BCUT2D eigenvalue weighted by Crippen LogP contribution is -2.48. The van der Waals surface area contributed by atoms with Crippen LogP contribution in [0.3, 0.4) is 0 Å². The van der Waals surface area contributed by atoms with Crippen LogP contribution in [0.15, 0.2) is 77.4 Å². The number of amides is 2. The zero-order valence-corrected chi connectivity index (χ0v) is 17.7. The van der Waals surface area contributed by atoms with E-state index in [0.29, 0.717) is 19.6 Å². The van der Waals surface area contributed by atoms with E-state index in [-0.39, 0.29) is 11.7 Å². The molecule has 2 amide bonds. The Bertz CT molecular complexity index is 937. The molecule has 6 heteroatoms. The van der Waals surface area contributed by atoms with Crippen LogP contribution < -0.4 is 15.4 Å². The van der Waals surface area contributed by atoms with Crippen LogP contribution in [0.25, 0.3) is 0 Å². The summed E-state index contributed by atoms with van der Waals surface area (Å²) in [4.78, 5) is 25.1. The number of carbonyl (C=O) groups excluding carboxylic acids is 2. The second-order valence-electron chi connectivity index (χ2n) is 7.35. The fourth-order valence-corrected chi connectivity index (χ4v) is 3.08. The molecule has 0 radical (unpaired) electrons. The first kappa shape index (κ1) is 22.2. The Morgan fingerprint density at radius 1 is 0.968 bits per heavy atom. The molecule has 0 aliphatic rings. The minimum absolute atomic E-state index is 0.180. The van der Waals surface area contributed by atoms with Crippen molar-refractivity contribution < 1.29 is 18.7 Å². The SMILES string of the molecule is Cc1ccc(OCCCCNC(=O)C(Cc2ccccc2)NC(=O)c2ccco2)cc1. The summed E-state index contributed by atoms with van der Waals surface area (Å²) in [6, 6.07) is 20.0. The molecule has 3 rings (SSSR count). The largest absolute Gasteiger partial charge is 0.494 e. The molecule has 0 aliphatic carbocycles. The Morgan fingerprint density at radius 2 is 1.74 bits per heavy atom. The molecule has 2 N–H and O–H groups in total. The van der Waals surface area contributed by atoms with E-state index in [2.05, 4.69) is 10.6 Å². The summed E-state index contributed by atoms with van der Waals surface area (Å²) in [6.45, 7) is 3.13. The zero-order valence-electron chi connectivity index (χ0n) is 17.7. The van der Waals surface area contributed by atoms with Crippen molar-refractivity contribution >= 4 is 11.8 Å². The smallest absolute Gasteiger partial charge is 0.287 e. The second-order valence-corrected chi connectivity index (χ2v) is 7.35. The highest BCUT2D eigenvalue weighted by atomic mass is 16.5. The molecule has 1 aromatic heterocycles. The molecule has 162 valence electrons. The van der Waals surface area contributed by atoms with Crippen LogP contribution in [-0.2, 0) is 11.2 Å². The van der Waals surface area contributed by atoms with Crippen molar-refractivity contribution in [3.05, 3.63) is 89.9 Å². The quantitative estimate of drug-likeness (QED) is 0.461. The van der Waals surface area contributed by atoms with Gasteiger partial charge < -0.3 is 19.8 Å². The van der Waals surface area contributed by atoms with Gasteiger partial charge in [0.2, 0.25) is 5.91 Å². The Balaban J connectivity index is 1.45. The predicted octanol–water partition coefficient (Wildman–Crippen LogP) is 3.90. The fourth-order valence-electron chi connectivity index (χ4n) is 3.08. The van der Waals surface area contributed by atoms with E-state index < -0.39 is 11.9 Å². The van der Waals surface area contributed by atoms with Crippen LogP contribution in [0.2, 0.25) is 0 Å². The summed E-state index contributed by atoms with van der Waals surface area (Å²) in [6.07, 6.45) is 3.42. The van der Waals surface area contributed by atoms with E-state index in [4.69, 9.17) is 9.15 Å². The average molecular weight is 421 g/mol. The van der Waals surface area contributed by atoms with Gasteiger partial charge in [-0.15, -0.1) is 0 Å². The summed E-state index contributed by atoms with van der Waals surface area (Å²) < 4.78 is 10.8. The number of rotatable bonds is 11. The maximum absolute atomic E-state index is 12.8. The summed E-state index contributed by atoms with van der Waals surface area (Å²) in [7, 11) is 0. The van der Waals surface area contributed by atoms with Crippen molar-refractivity contribution in [3.63, 3.8) is 0 Å². The van der Waals surface area contributed by atoms with E-state index in [1.807, 2.05) is 61.5 Å². The van der Waals surface area contributed by atoms with Gasteiger partial charge in [-0.25, -0.2) is 0 Å². The van der Waals surface area contributed by atoms with Crippen molar-refractivity contribution in [1.82, 2.24) is 10.6 Å². The van der Waals surface area contributed by atoms with Gasteiger partial charge in [0.05, 0.1) is 12.9 Å². The number of benzene rings is 2. The van der Waals surface area contributed by atoms with E-state index in [1.54, 1.807) is 12.1 Å². The molecule has 0 aliphatic heterocycles. The molecule has 1 unspecified atom stereocenters. The topological polar surface area (TPSA) is 80.6 Å².